The van der Waals surface area contributed by atoms with Crippen molar-refractivity contribution in [2.45, 2.75) is 6.10 Å². The molecule has 1 aliphatic heterocycles. The maximum absolute atomic E-state index is 13.6. The second kappa shape index (κ2) is 7.21. The number of hydrogen-bond acceptors (Lipinski definition) is 4. The zero-order chi connectivity index (χ0) is 17.8. The van der Waals surface area contributed by atoms with Crippen molar-refractivity contribution in [1.29, 1.82) is 0 Å². The largest absolute Gasteiger partial charge is 0.481 e. The van der Waals surface area contributed by atoms with E-state index in [1.807, 2.05) is 0 Å². The number of hydrogen-bond donors (Lipinski definition) is 1. The summed E-state index contributed by atoms with van der Waals surface area (Å²) in [6.07, 6.45) is -0.822. The van der Waals surface area contributed by atoms with Crippen LogP contribution in [0.15, 0.2) is 48.5 Å². The number of carbonyl (C=O) groups is 2. The number of anilines is 1. The van der Waals surface area contributed by atoms with E-state index in [1.165, 1.54) is 30.1 Å². The highest BCUT2D eigenvalue weighted by molar-refractivity contribution is 5.98. The Balaban J connectivity index is 1.78. The van der Waals surface area contributed by atoms with Crippen LogP contribution in [0.2, 0.25) is 0 Å². The maximum atomic E-state index is 13.6. The van der Waals surface area contributed by atoms with E-state index in [-0.39, 0.29) is 24.8 Å². The summed E-state index contributed by atoms with van der Waals surface area (Å²) < 4.78 is 24.5. The maximum Gasteiger partial charge on any atom is 0.265 e. The topological polar surface area (TPSA) is 67.9 Å². The summed E-state index contributed by atoms with van der Waals surface area (Å²) in [7, 11) is 1.50. The lowest BCUT2D eigenvalue weighted by molar-refractivity contribution is -0.128. The summed E-state index contributed by atoms with van der Waals surface area (Å²) in [5.41, 5.74) is 0.546. The second-order valence-corrected chi connectivity index (χ2v) is 5.41. The number of likely N-dealkylation sites (N-methyl/N-ethyl adjacent to an activating group) is 1. The van der Waals surface area contributed by atoms with Gasteiger partial charge in [0.15, 0.2) is 24.3 Å². The Hall–Kier alpha value is -3.09. The molecule has 7 heteroatoms. The SMILES string of the molecule is CNC(=O)[C@@H]1CN(C(=O)COc2ccccc2F)c2ccccc2O1. The van der Waals surface area contributed by atoms with E-state index in [2.05, 4.69) is 5.32 Å². The molecule has 3 rings (SSSR count). The highest BCUT2D eigenvalue weighted by Gasteiger charge is 2.33. The van der Waals surface area contributed by atoms with Crippen molar-refractivity contribution in [3.05, 3.63) is 54.3 Å². The minimum Gasteiger partial charge on any atom is -0.481 e. The molecule has 0 fully saturated rings. The van der Waals surface area contributed by atoms with E-state index in [4.69, 9.17) is 9.47 Å². The molecule has 1 heterocycles. The number of benzene rings is 2. The van der Waals surface area contributed by atoms with Gasteiger partial charge in [-0.15, -0.1) is 0 Å². The number of carbonyl (C=O) groups excluding carboxylic acids is 2. The third-order valence-electron chi connectivity index (χ3n) is 3.80. The minimum absolute atomic E-state index is 0.000228. The molecule has 1 aliphatic rings. The minimum atomic E-state index is -0.822. The average Bonchev–Trinajstić information content (AvgIpc) is 2.65. The van der Waals surface area contributed by atoms with Crippen molar-refractivity contribution in [2.75, 3.05) is 25.1 Å². The lowest BCUT2D eigenvalue weighted by Gasteiger charge is -2.33. The van der Waals surface area contributed by atoms with Crippen molar-refractivity contribution >= 4 is 17.5 Å². The zero-order valence-corrected chi connectivity index (χ0v) is 13.6. The van der Waals surface area contributed by atoms with Crippen LogP contribution in [0.5, 0.6) is 11.5 Å². The summed E-state index contributed by atoms with van der Waals surface area (Å²) in [6.45, 7) is -0.300. The first kappa shape index (κ1) is 16.8. The average molecular weight is 344 g/mol. The van der Waals surface area contributed by atoms with Crippen LogP contribution in [-0.4, -0.2) is 38.1 Å². The molecule has 25 heavy (non-hydrogen) atoms. The molecule has 1 atom stereocenters. The molecular weight excluding hydrogens is 327 g/mol. The molecule has 6 nitrogen and oxygen atoms in total. The number of amides is 2. The second-order valence-electron chi connectivity index (χ2n) is 5.41. The van der Waals surface area contributed by atoms with Crippen LogP contribution in [-0.2, 0) is 9.59 Å². The predicted octanol–water partition coefficient (Wildman–Crippen LogP) is 1.74. The van der Waals surface area contributed by atoms with Crippen LogP contribution in [0.3, 0.4) is 0 Å². The zero-order valence-electron chi connectivity index (χ0n) is 13.6. The van der Waals surface area contributed by atoms with Gasteiger partial charge in [0.1, 0.15) is 5.75 Å². The fourth-order valence-corrected chi connectivity index (χ4v) is 2.55. The third-order valence-corrected chi connectivity index (χ3v) is 3.80. The molecule has 0 unspecified atom stereocenters. The molecule has 0 aromatic heterocycles. The van der Waals surface area contributed by atoms with Gasteiger partial charge in [0.2, 0.25) is 0 Å². The molecule has 0 spiro atoms. The van der Waals surface area contributed by atoms with E-state index < -0.39 is 17.8 Å². The van der Waals surface area contributed by atoms with Crippen LogP contribution in [0, 0.1) is 5.82 Å². The molecule has 0 radical (unpaired) electrons. The van der Waals surface area contributed by atoms with Gasteiger partial charge >= 0.3 is 0 Å². The normalized spacial score (nSPS) is 15.8. The Morgan fingerprint density at radius 3 is 2.72 bits per heavy atom. The fraction of sp³-hybridized carbons (Fsp3) is 0.222. The van der Waals surface area contributed by atoms with Gasteiger partial charge in [0.25, 0.3) is 11.8 Å². The Morgan fingerprint density at radius 1 is 1.24 bits per heavy atom. The van der Waals surface area contributed by atoms with E-state index in [9.17, 15) is 14.0 Å². The van der Waals surface area contributed by atoms with Gasteiger partial charge in [0, 0.05) is 7.05 Å². The third kappa shape index (κ3) is 3.55. The molecule has 0 aliphatic carbocycles. The Bertz CT molecular complexity index is 796. The van der Waals surface area contributed by atoms with Crippen molar-refractivity contribution in [3.8, 4) is 11.5 Å². The molecule has 1 N–H and O–H groups in total. The Morgan fingerprint density at radius 2 is 1.96 bits per heavy atom. The van der Waals surface area contributed by atoms with Gasteiger partial charge in [0.05, 0.1) is 12.2 Å². The summed E-state index contributed by atoms with van der Waals surface area (Å²) in [6, 6.07) is 12.8. The van der Waals surface area contributed by atoms with Gasteiger partial charge < -0.3 is 19.7 Å². The Kier molecular flexibility index (Phi) is 4.83. The van der Waals surface area contributed by atoms with Gasteiger partial charge in [-0.05, 0) is 24.3 Å². The molecule has 0 saturated heterocycles. The van der Waals surface area contributed by atoms with Crippen molar-refractivity contribution in [2.24, 2.45) is 0 Å². The highest BCUT2D eigenvalue weighted by Crippen LogP contribution is 2.33. The Labute approximate surface area is 144 Å². The van der Waals surface area contributed by atoms with Crippen LogP contribution < -0.4 is 19.7 Å². The predicted molar refractivity (Wildman–Crippen MR) is 89.2 cm³/mol. The molecule has 2 aromatic carbocycles. The molecule has 130 valence electrons. The van der Waals surface area contributed by atoms with Crippen LogP contribution in [0.25, 0.3) is 0 Å². The highest BCUT2D eigenvalue weighted by atomic mass is 19.1. The summed E-state index contributed by atoms with van der Waals surface area (Å²) in [5.74, 6) is -0.835. The molecule has 0 saturated carbocycles. The monoisotopic (exact) mass is 344 g/mol. The number of ether oxygens (including phenoxy) is 2. The van der Waals surface area contributed by atoms with Crippen molar-refractivity contribution < 1.29 is 23.5 Å². The lowest BCUT2D eigenvalue weighted by Crippen LogP contribution is -2.51. The molecule has 2 aromatic rings. The van der Waals surface area contributed by atoms with Gasteiger partial charge in [-0.2, -0.15) is 0 Å². The van der Waals surface area contributed by atoms with E-state index >= 15 is 0 Å². The lowest BCUT2D eigenvalue weighted by atomic mass is 10.1. The summed E-state index contributed by atoms with van der Waals surface area (Å²) in [5, 5.41) is 2.51. The number of rotatable bonds is 4. The summed E-state index contributed by atoms with van der Waals surface area (Å²) in [4.78, 5) is 25.9. The van der Waals surface area contributed by atoms with Crippen LogP contribution in [0.4, 0.5) is 10.1 Å². The van der Waals surface area contributed by atoms with E-state index in [0.717, 1.165) is 0 Å². The van der Waals surface area contributed by atoms with Crippen LogP contribution >= 0.6 is 0 Å². The first-order valence-corrected chi connectivity index (χ1v) is 7.75. The smallest absolute Gasteiger partial charge is 0.265 e. The fourth-order valence-electron chi connectivity index (χ4n) is 2.55. The number of nitrogens with zero attached hydrogens (tertiary/aromatic N) is 1. The quantitative estimate of drug-likeness (QED) is 0.917. The number of halogens is 1. The molecular formula is C18H17FN2O4. The molecule has 2 amide bonds. The number of nitrogens with one attached hydrogen (secondary N) is 1. The van der Waals surface area contributed by atoms with Crippen molar-refractivity contribution in [3.63, 3.8) is 0 Å². The first-order valence-electron chi connectivity index (χ1n) is 7.75. The van der Waals surface area contributed by atoms with Gasteiger partial charge in [-0.3, -0.25) is 9.59 Å². The number of para-hydroxylation sites is 3. The standard InChI is InChI=1S/C18H17FN2O4/c1-20-18(23)16-10-21(13-7-3-5-9-15(13)25-16)17(22)11-24-14-8-4-2-6-12(14)19/h2-9,16H,10-11H2,1H3,(H,20,23)/t16-/m0/s1. The van der Waals surface area contributed by atoms with Crippen molar-refractivity contribution in [1.82, 2.24) is 5.32 Å². The number of fused-ring (bicyclic) bond motifs is 1. The summed E-state index contributed by atoms with van der Waals surface area (Å²) >= 11 is 0. The molecule has 0 bridgehead atoms. The first-order chi connectivity index (χ1) is 12.1. The van der Waals surface area contributed by atoms with Crippen LogP contribution in [0.1, 0.15) is 0 Å². The van der Waals surface area contributed by atoms with Gasteiger partial charge in [-0.25, -0.2) is 4.39 Å². The van der Waals surface area contributed by atoms with Gasteiger partial charge in [-0.1, -0.05) is 24.3 Å². The van der Waals surface area contributed by atoms with E-state index in [1.54, 1.807) is 30.3 Å². The van der Waals surface area contributed by atoms with E-state index in [0.29, 0.717) is 11.4 Å².